The van der Waals surface area contributed by atoms with Crippen molar-refractivity contribution in [1.29, 1.82) is 0 Å². The largest absolute Gasteiger partial charge is 0.466 e. The fourth-order valence-electron chi connectivity index (χ4n) is 9.52. The maximum atomic E-state index is 13.2. The van der Waals surface area contributed by atoms with Crippen molar-refractivity contribution in [1.82, 2.24) is 9.78 Å². The summed E-state index contributed by atoms with van der Waals surface area (Å²) in [5.41, 5.74) is 3.77. The first kappa shape index (κ1) is 23.9. The first-order chi connectivity index (χ1) is 16.6. The SMILES string of the molecule is CCOC(=O)[C@]1(C)CCC[C@@]2(C)[C@@H]3CC[C@@]4(C)C[C@]3(CC[C@@H]21)c1cnn(-c2ccc(Cl)c(Cl)c2)c14. The smallest absolute Gasteiger partial charge is 0.312 e. The number of fused-ring (bicyclic) bond motifs is 5. The highest BCUT2D eigenvalue weighted by Gasteiger charge is 2.68. The Kier molecular flexibility index (Phi) is 5.28. The average molecular weight is 516 g/mol. The molecule has 0 aliphatic heterocycles. The maximum Gasteiger partial charge on any atom is 0.312 e. The zero-order valence-corrected chi connectivity index (χ0v) is 22.8. The molecule has 1 heterocycles. The monoisotopic (exact) mass is 514 g/mol. The van der Waals surface area contributed by atoms with E-state index < -0.39 is 0 Å². The van der Waals surface area contributed by atoms with Crippen molar-refractivity contribution in [2.75, 3.05) is 6.61 Å². The molecule has 3 saturated carbocycles. The second-order valence-electron chi connectivity index (χ2n) is 12.5. The molecule has 35 heavy (non-hydrogen) atoms. The number of halogens is 2. The summed E-state index contributed by atoms with van der Waals surface area (Å²) in [5, 5.41) is 6.07. The Bertz CT molecular complexity index is 1210. The van der Waals surface area contributed by atoms with E-state index in [4.69, 9.17) is 33.0 Å². The Morgan fingerprint density at radius 2 is 1.86 bits per heavy atom. The summed E-state index contributed by atoms with van der Waals surface area (Å²) in [6.45, 7) is 9.52. The number of carbonyl (C=O) groups excluding carboxylic acids is 1. The molecule has 6 atom stereocenters. The van der Waals surface area contributed by atoms with Gasteiger partial charge in [0.25, 0.3) is 0 Å². The van der Waals surface area contributed by atoms with Crippen molar-refractivity contribution >= 4 is 29.2 Å². The molecule has 6 rings (SSSR count). The van der Waals surface area contributed by atoms with E-state index in [-0.39, 0.29) is 27.6 Å². The highest BCUT2D eigenvalue weighted by Crippen LogP contribution is 2.73. The Hall–Kier alpha value is -1.52. The van der Waals surface area contributed by atoms with Gasteiger partial charge in [-0.05, 0) is 94.2 Å². The topological polar surface area (TPSA) is 44.1 Å². The second kappa shape index (κ2) is 7.74. The van der Waals surface area contributed by atoms with Crippen LogP contribution in [0.2, 0.25) is 10.0 Å². The van der Waals surface area contributed by atoms with Gasteiger partial charge in [-0.1, -0.05) is 43.5 Å². The molecule has 1 aromatic carbocycles. The van der Waals surface area contributed by atoms with E-state index in [0.29, 0.717) is 28.5 Å². The van der Waals surface area contributed by atoms with Crippen molar-refractivity contribution in [2.45, 2.75) is 89.9 Å². The number of carbonyl (C=O) groups is 1. The number of esters is 1. The van der Waals surface area contributed by atoms with Gasteiger partial charge in [0.05, 0.1) is 39.6 Å². The third-order valence-corrected chi connectivity index (χ3v) is 11.5. The lowest BCUT2D eigenvalue weighted by Crippen LogP contribution is -2.60. The lowest BCUT2D eigenvalue weighted by molar-refractivity contribution is -0.180. The zero-order chi connectivity index (χ0) is 24.8. The van der Waals surface area contributed by atoms with Crippen molar-refractivity contribution < 1.29 is 9.53 Å². The quantitative estimate of drug-likeness (QED) is 0.394. The van der Waals surface area contributed by atoms with Gasteiger partial charge in [0.1, 0.15) is 0 Å². The number of ether oxygens (including phenoxy) is 1. The average Bonchev–Trinajstić information content (AvgIpc) is 3.33. The minimum atomic E-state index is -0.378. The van der Waals surface area contributed by atoms with E-state index in [1.807, 2.05) is 25.1 Å². The normalized spacial score (nSPS) is 39.5. The minimum absolute atomic E-state index is 0.0204. The lowest BCUT2D eigenvalue weighted by atomic mass is 9.40. The number of hydrogen-bond acceptors (Lipinski definition) is 3. The van der Waals surface area contributed by atoms with Crippen LogP contribution in [0.15, 0.2) is 24.4 Å². The fraction of sp³-hybridized carbons (Fsp3) is 0.655. The Labute approximate surface area is 218 Å². The van der Waals surface area contributed by atoms with Gasteiger partial charge in [-0.3, -0.25) is 4.79 Å². The summed E-state index contributed by atoms with van der Waals surface area (Å²) in [5.74, 6) is 0.951. The molecule has 2 aromatic rings. The van der Waals surface area contributed by atoms with E-state index in [1.165, 1.54) is 30.5 Å². The third-order valence-electron chi connectivity index (χ3n) is 10.8. The first-order valence-corrected chi connectivity index (χ1v) is 14.1. The Balaban J connectivity index is 1.45. The van der Waals surface area contributed by atoms with Gasteiger partial charge in [-0.2, -0.15) is 5.10 Å². The maximum absolute atomic E-state index is 13.2. The minimum Gasteiger partial charge on any atom is -0.466 e. The van der Waals surface area contributed by atoms with Gasteiger partial charge in [0.15, 0.2) is 0 Å². The van der Waals surface area contributed by atoms with Crippen molar-refractivity contribution in [3.05, 3.63) is 45.7 Å². The molecule has 0 radical (unpaired) electrons. The molecule has 1 aromatic heterocycles. The fourth-order valence-corrected chi connectivity index (χ4v) is 9.81. The van der Waals surface area contributed by atoms with E-state index >= 15 is 0 Å². The van der Waals surface area contributed by atoms with Gasteiger partial charge < -0.3 is 4.74 Å². The first-order valence-electron chi connectivity index (χ1n) is 13.3. The van der Waals surface area contributed by atoms with E-state index in [1.54, 1.807) is 0 Å². The van der Waals surface area contributed by atoms with E-state index in [2.05, 4.69) is 31.6 Å². The summed E-state index contributed by atoms with van der Waals surface area (Å²) in [4.78, 5) is 13.2. The molecule has 4 aliphatic rings. The molecule has 1 spiro atoms. The van der Waals surface area contributed by atoms with Crippen LogP contribution in [-0.4, -0.2) is 22.4 Å². The molecule has 4 nitrogen and oxygen atoms in total. The molecule has 0 N–H and O–H groups in total. The molecule has 0 amide bonds. The zero-order valence-electron chi connectivity index (χ0n) is 21.3. The van der Waals surface area contributed by atoms with Crippen LogP contribution in [0, 0.1) is 22.7 Å². The number of nitrogens with zero attached hydrogens (tertiary/aromatic N) is 2. The number of aromatic nitrogens is 2. The van der Waals surface area contributed by atoms with Crippen LogP contribution >= 0.6 is 23.2 Å². The predicted octanol–water partition coefficient (Wildman–Crippen LogP) is 7.66. The highest BCUT2D eigenvalue weighted by atomic mass is 35.5. The Morgan fingerprint density at radius 3 is 2.60 bits per heavy atom. The highest BCUT2D eigenvalue weighted by molar-refractivity contribution is 6.42. The van der Waals surface area contributed by atoms with Gasteiger partial charge in [0.2, 0.25) is 0 Å². The van der Waals surface area contributed by atoms with Crippen molar-refractivity contribution in [2.24, 2.45) is 22.7 Å². The molecule has 0 saturated heterocycles. The lowest BCUT2D eigenvalue weighted by Gasteiger charge is -2.64. The van der Waals surface area contributed by atoms with E-state index in [0.717, 1.165) is 37.8 Å². The number of rotatable bonds is 3. The predicted molar refractivity (Wildman–Crippen MR) is 139 cm³/mol. The van der Waals surface area contributed by atoms with E-state index in [9.17, 15) is 4.79 Å². The molecular weight excluding hydrogens is 479 g/mol. The van der Waals surface area contributed by atoms with Crippen molar-refractivity contribution in [3.63, 3.8) is 0 Å². The van der Waals surface area contributed by atoms with Crippen molar-refractivity contribution in [3.8, 4) is 5.69 Å². The number of hydrogen-bond donors (Lipinski definition) is 0. The summed E-state index contributed by atoms with van der Waals surface area (Å²) in [7, 11) is 0. The standard InChI is InChI=1S/C29H36Cl2N2O2/c1-5-35-25(34)28(4)12-6-11-27(3)22(28)10-14-29-17-26(2,13-9-23(27)29)24-19(29)16-32-33(24)18-7-8-20(30)21(31)15-18/h7-8,15-16,22-23H,5-6,9-14,17H2,1-4H3/t22-,23-,26-,27+,28+,29+/m0/s1. The summed E-state index contributed by atoms with van der Waals surface area (Å²) in [6.07, 6.45) is 11.1. The third kappa shape index (κ3) is 3.05. The molecule has 3 fully saturated rings. The van der Waals surface area contributed by atoms with Gasteiger partial charge in [-0.25, -0.2) is 4.68 Å². The van der Waals surface area contributed by atoms with Gasteiger partial charge in [0, 0.05) is 16.4 Å². The second-order valence-corrected chi connectivity index (χ2v) is 13.3. The van der Waals surface area contributed by atoms with Crippen LogP contribution in [-0.2, 0) is 20.4 Å². The van der Waals surface area contributed by atoms with Crippen LogP contribution in [0.25, 0.3) is 5.69 Å². The summed E-state index contributed by atoms with van der Waals surface area (Å²) < 4.78 is 7.78. The molecule has 4 aliphatic carbocycles. The summed E-state index contributed by atoms with van der Waals surface area (Å²) in [6, 6.07) is 5.82. The van der Waals surface area contributed by atoms with Crippen LogP contribution in [0.1, 0.15) is 90.3 Å². The molecule has 0 unspecified atom stereocenters. The van der Waals surface area contributed by atoms with Crippen LogP contribution in [0.5, 0.6) is 0 Å². The number of benzene rings is 1. The molecule has 2 bridgehead atoms. The summed E-state index contributed by atoms with van der Waals surface area (Å²) >= 11 is 12.6. The molecule has 188 valence electrons. The Morgan fingerprint density at radius 1 is 1.09 bits per heavy atom. The molecule has 6 heteroatoms. The van der Waals surface area contributed by atoms with Crippen LogP contribution in [0.4, 0.5) is 0 Å². The van der Waals surface area contributed by atoms with Gasteiger partial charge in [-0.15, -0.1) is 0 Å². The van der Waals surface area contributed by atoms with Gasteiger partial charge >= 0.3 is 5.97 Å². The molecular formula is C29H36Cl2N2O2. The van der Waals surface area contributed by atoms with Crippen LogP contribution < -0.4 is 0 Å². The van der Waals surface area contributed by atoms with Crippen LogP contribution in [0.3, 0.4) is 0 Å².